The maximum atomic E-state index is 9.29. The number of hydrogen-bond acceptors (Lipinski definition) is 3. The van der Waals surface area contributed by atoms with Gasteiger partial charge in [-0.1, -0.05) is 24.6 Å². The predicted octanol–water partition coefficient (Wildman–Crippen LogP) is 2.66. The maximum Gasteiger partial charge on any atom is 0.0642 e. The minimum Gasteiger partial charge on any atom is -0.393 e. The van der Waals surface area contributed by atoms with Gasteiger partial charge in [0.15, 0.2) is 0 Å². The summed E-state index contributed by atoms with van der Waals surface area (Å²) in [5, 5.41) is 13.3. The van der Waals surface area contributed by atoms with Crippen LogP contribution in [-0.4, -0.2) is 31.3 Å². The summed E-state index contributed by atoms with van der Waals surface area (Å²) in [6.07, 6.45) is 0.464. The van der Waals surface area contributed by atoms with Crippen molar-refractivity contribution in [2.24, 2.45) is 0 Å². The summed E-state index contributed by atoms with van der Waals surface area (Å²) in [4.78, 5) is 2.08. The molecule has 0 aromatic heterocycles. The van der Waals surface area contributed by atoms with Crippen LogP contribution >= 0.6 is 11.6 Å². The highest BCUT2D eigenvalue weighted by Gasteiger charge is 2.08. The Kier molecular flexibility index (Phi) is 6.47. The van der Waals surface area contributed by atoms with Crippen molar-refractivity contribution in [3.63, 3.8) is 0 Å². The van der Waals surface area contributed by atoms with E-state index in [9.17, 15) is 5.11 Å². The second kappa shape index (κ2) is 7.62. The Bertz CT molecular complexity index is 369. The lowest BCUT2D eigenvalue weighted by Gasteiger charge is -2.21. The highest BCUT2D eigenvalue weighted by molar-refractivity contribution is 6.33. The Morgan fingerprint density at radius 2 is 2.17 bits per heavy atom. The largest absolute Gasteiger partial charge is 0.393 e. The van der Waals surface area contributed by atoms with Crippen LogP contribution in [-0.2, 0) is 6.54 Å². The molecular weight excluding hydrogens is 248 g/mol. The van der Waals surface area contributed by atoms with Crippen LogP contribution in [0.5, 0.6) is 0 Å². The first-order valence-corrected chi connectivity index (χ1v) is 6.80. The monoisotopic (exact) mass is 270 g/mol. The lowest BCUT2D eigenvalue weighted by atomic mass is 10.2. The van der Waals surface area contributed by atoms with Crippen LogP contribution in [0.3, 0.4) is 0 Å². The molecule has 2 N–H and O–H groups in total. The molecule has 0 bridgehead atoms. The first-order valence-electron chi connectivity index (χ1n) is 6.43. The molecule has 102 valence electrons. The Morgan fingerprint density at radius 1 is 1.44 bits per heavy atom. The van der Waals surface area contributed by atoms with Crippen molar-refractivity contribution < 1.29 is 5.11 Å². The average Bonchev–Trinajstić information content (AvgIpc) is 2.33. The summed E-state index contributed by atoms with van der Waals surface area (Å²) in [5.41, 5.74) is 2.20. The fourth-order valence-corrected chi connectivity index (χ4v) is 2.09. The summed E-state index contributed by atoms with van der Waals surface area (Å²) in [6.45, 7) is 6.47. The van der Waals surface area contributed by atoms with Crippen molar-refractivity contribution in [2.45, 2.75) is 32.9 Å². The zero-order valence-corrected chi connectivity index (χ0v) is 12.2. The number of hydrogen-bond donors (Lipinski definition) is 2. The molecule has 0 heterocycles. The van der Waals surface area contributed by atoms with Gasteiger partial charge in [0.2, 0.25) is 0 Å². The number of halogens is 1. The molecule has 0 spiro atoms. The van der Waals surface area contributed by atoms with Gasteiger partial charge in [-0.2, -0.15) is 0 Å². The second-order valence-corrected chi connectivity index (χ2v) is 5.03. The number of aliphatic hydroxyl groups is 1. The van der Waals surface area contributed by atoms with E-state index >= 15 is 0 Å². The van der Waals surface area contributed by atoms with Crippen molar-refractivity contribution >= 4 is 17.3 Å². The topological polar surface area (TPSA) is 35.5 Å². The van der Waals surface area contributed by atoms with Gasteiger partial charge in [-0.3, -0.25) is 0 Å². The normalized spacial score (nSPS) is 12.5. The molecule has 0 amide bonds. The van der Waals surface area contributed by atoms with Gasteiger partial charge >= 0.3 is 0 Å². The van der Waals surface area contributed by atoms with Crippen LogP contribution in [0, 0.1) is 0 Å². The lowest BCUT2D eigenvalue weighted by Crippen LogP contribution is -2.22. The molecule has 0 saturated heterocycles. The smallest absolute Gasteiger partial charge is 0.0642 e. The van der Waals surface area contributed by atoms with Gasteiger partial charge in [0.1, 0.15) is 0 Å². The number of anilines is 1. The van der Waals surface area contributed by atoms with E-state index in [1.165, 1.54) is 5.56 Å². The fourth-order valence-electron chi connectivity index (χ4n) is 1.74. The van der Waals surface area contributed by atoms with Crippen LogP contribution in [0.15, 0.2) is 18.2 Å². The molecule has 0 saturated carbocycles. The Balaban J connectivity index is 2.66. The van der Waals surface area contributed by atoms with E-state index in [2.05, 4.69) is 23.2 Å². The molecule has 0 radical (unpaired) electrons. The van der Waals surface area contributed by atoms with E-state index < -0.39 is 0 Å². The molecule has 1 aromatic carbocycles. The molecule has 0 aliphatic rings. The summed E-state index contributed by atoms with van der Waals surface area (Å²) < 4.78 is 0. The molecule has 1 aromatic rings. The minimum absolute atomic E-state index is 0.278. The Labute approximate surface area is 115 Å². The molecule has 18 heavy (non-hydrogen) atoms. The van der Waals surface area contributed by atoms with Crippen molar-refractivity contribution in [3.05, 3.63) is 28.8 Å². The molecule has 1 atom stereocenters. The number of benzene rings is 1. The number of rotatable bonds is 7. The van der Waals surface area contributed by atoms with Gasteiger partial charge in [-0.25, -0.2) is 0 Å². The molecule has 0 fully saturated rings. The van der Waals surface area contributed by atoms with E-state index in [0.717, 1.165) is 36.8 Å². The Hall–Kier alpha value is -0.770. The van der Waals surface area contributed by atoms with E-state index in [1.54, 1.807) is 6.92 Å². The predicted molar refractivity (Wildman–Crippen MR) is 78.4 cm³/mol. The van der Waals surface area contributed by atoms with Gasteiger partial charge in [-0.05, 0) is 37.6 Å². The standard InChI is InChI=1S/C14H23ClN2O/c1-4-16-10-12-5-6-14(13(15)9-12)17(3)8-7-11(2)18/h5-6,9,11,16,18H,4,7-8,10H2,1-3H3. The zero-order valence-electron chi connectivity index (χ0n) is 11.4. The summed E-state index contributed by atoms with van der Waals surface area (Å²) in [7, 11) is 1.99. The van der Waals surface area contributed by atoms with Crippen molar-refractivity contribution in [2.75, 3.05) is 25.0 Å². The summed E-state index contributed by atoms with van der Waals surface area (Å²) in [6, 6.07) is 6.12. The molecule has 3 nitrogen and oxygen atoms in total. The maximum absolute atomic E-state index is 9.29. The highest BCUT2D eigenvalue weighted by atomic mass is 35.5. The third-order valence-corrected chi connectivity index (χ3v) is 3.19. The van der Waals surface area contributed by atoms with Gasteiger partial charge < -0.3 is 15.3 Å². The van der Waals surface area contributed by atoms with Crippen LogP contribution in [0.1, 0.15) is 25.8 Å². The van der Waals surface area contributed by atoms with Crippen LogP contribution in [0.2, 0.25) is 5.02 Å². The first kappa shape index (κ1) is 15.3. The van der Waals surface area contributed by atoms with Gasteiger partial charge in [0.25, 0.3) is 0 Å². The molecular formula is C14H23ClN2O. The van der Waals surface area contributed by atoms with E-state index in [4.69, 9.17) is 11.6 Å². The molecule has 0 aliphatic heterocycles. The van der Waals surface area contributed by atoms with Crippen LogP contribution in [0.25, 0.3) is 0 Å². The van der Waals surface area contributed by atoms with Gasteiger partial charge in [0, 0.05) is 20.1 Å². The van der Waals surface area contributed by atoms with Crippen molar-refractivity contribution in [3.8, 4) is 0 Å². The van der Waals surface area contributed by atoms with Gasteiger partial charge in [-0.15, -0.1) is 0 Å². The molecule has 1 rings (SSSR count). The summed E-state index contributed by atoms with van der Waals surface area (Å²) in [5.74, 6) is 0. The quantitative estimate of drug-likeness (QED) is 0.800. The van der Waals surface area contributed by atoms with E-state index in [1.807, 2.05) is 19.2 Å². The zero-order chi connectivity index (χ0) is 13.5. The molecule has 1 unspecified atom stereocenters. The fraction of sp³-hybridized carbons (Fsp3) is 0.571. The van der Waals surface area contributed by atoms with Crippen molar-refractivity contribution in [1.82, 2.24) is 5.32 Å². The lowest BCUT2D eigenvalue weighted by molar-refractivity contribution is 0.187. The van der Waals surface area contributed by atoms with Crippen LogP contribution < -0.4 is 10.2 Å². The van der Waals surface area contributed by atoms with E-state index in [-0.39, 0.29) is 6.10 Å². The van der Waals surface area contributed by atoms with Gasteiger partial charge in [0.05, 0.1) is 16.8 Å². The summed E-state index contributed by atoms with van der Waals surface area (Å²) >= 11 is 6.29. The Morgan fingerprint density at radius 3 is 2.72 bits per heavy atom. The van der Waals surface area contributed by atoms with Crippen molar-refractivity contribution in [1.29, 1.82) is 0 Å². The average molecular weight is 271 g/mol. The van der Waals surface area contributed by atoms with Crippen LogP contribution in [0.4, 0.5) is 5.69 Å². The highest BCUT2D eigenvalue weighted by Crippen LogP contribution is 2.26. The first-order chi connectivity index (χ1) is 8.54. The number of nitrogens with one attached hydrogen (secondary N) is 1. The number of aliphatic hydroxyl groups excluding tert-OH is 1. The molecule has 0 aliphatic carbocycles. The SMILES string of the molecule is CCNCc1ccc(N(C)CCC(C)O)c(Cl)c1. The third-order valence-electron chi connectivity index (χ3n) is 2.88. The third kappa shape index (κ3) is 4.84. The van der Waals surface area contributed by atoms with E-state index in [0.29, 0.717) is 0 Å². The number of nitrogens with zero attached hydrogens (tertiary/aromatic N) is 1. The second-order valence-electron chi connectivity index (χ2n) is 4.63. The minimum atomic E-state index is -0.278. The molecule has 4 heteroatoms.